The molecule has 4 aliphatic rings. The summed E-state index contributed by atoms with van der Waals surface area (Å²) in [5.41, 5.74) is 1.12. The second-order valence-electron chi connectivity index (χ2n) is 8.73. The second kappa shape index (κ2) is 4.40. The van der Waals surface area contributed by atoms with Crippen LogP contribution in [-0.2, 0) is 14.9 Å². The van der Waals surface area contributed by atoms with Gasteiger partial charge in [0.2, 0.25) is 5.91 Å². The van der Waals surface area contributed by atoms with E-state index >= 15 is 0 Å². The number of nitrogens with zero attached hydrogens (tertiary/aromatic N) is 1. The average molecular weight is 331 g/mol. The molecule has 0 spiro atoms. The summed E-state index contributed by atoms with van der Waals surface area (Å²) in [4.78, 5) is 17.1. The van der Waals surface area contributed by atoms with Gasteiger partial charge in [0.1, 0.15) is 0 Å². The van der Waals surface area contributed by atoms with Crippen LogP contribution in [0.3, 0.4) is 0 Å². The van der Waals surface area contributed by atoms with Gasteiger partial charge >= 0.3 is 0 Å². The summed E-state index contributed by atoms with van der Waals surface area (Å²) in [6.07, 6.45) is 4.25. The van der Waals surface area contributed by atoms with Crippen LogP contribution in [0.1, 0.15) is 43.6 Å². The predicted molar refractivity (Wildman–Crippen MR) is 90.6 cm³/mol. The van der Waals surface area contributed by atoms with Crippen LogP contribution in [0.25, 0.3) is 0 Å². The van der Waals surface area contributed by atoms with Gasteiger partial charge in [-0.05, 0) is 48.6 Å². The van der Waals surface area contributed by atoms with Crippen LogP contribution in [-0.4, -0.2) is 36.1 Å². The van der Waals surface area contributed by atoms with Crippen LogP contribution in [0.2, 0.25) is 0 Å². The minimum Gasteiger partial charge on any atom is -0.374 e. The standard InChI is InChI=1S/C19H25NO2S/c1-11-6-7-23-16(11)19(10-18(19,2)3)17(21)20-8-12-13(9-20)15-5-4-14(12)22-15/h6-7,12-15H,4-5,8-10H2,1-3H3/t12-,13+,14+,15-,19?. The fraction of sp³-hybridized carbons (Fsp3) is 0.737. The Labute approximate surface area is 142 Å². The molecular formula is C19H25NO2S. The van der Waals surface area contributed by atoms with Gasteiger partial charge in [-0.15, -0.1) is 11.3 Å². The summed E-state index contributed by atoms with van der Waals surface area (Å²) >= 11 is 1.77. The summed E-state index contributed by atoms with van der Waals surface area (Å²) < 4.78 is 6.06. The molecule has 3 saturated heterocycles. The molecule has 3 aliphatic heterocycles. The van der Waals surface area contributed by atoms with Crippen LogP contribution in [0, 0.1) is 24.2 Å². The smallest absolute Gasteiger partial charge is 0.234 e. The zero-order chi connectivity index (χ0) is 16.0. The summed E-state index contributed by atoms with van der Waals surface area (Å²) in [6.45, 7) is 8.52. The van der Waals surface area contributed by atoms with E-state index in [9.17, 15) is 4.79 Å². The molecule has 23 heavy (non-hydrogen) atoms. The lowest BCUT2D eigenvalue weighted by Crippen LogP contribution is -2.41. The van der Waals surface area contributed by atoms with Crippen molar-refractivity contribution < 1.29 is 9.53 Å². The molecule has 1 amide bonds. The van der Waals surface area contributed by atoms with Crippen molar-refractivity contribution in [1.29, 1.82) is 0 Å². The summed E-state index contributed by atoms with van der Waals surface area (Å²) in [5, 5.41) is 2.14. The third kappa shape index (κ3) is 1.72. The van der Waals surface area contributed by atoms with E-state index in [4.69, 9.17) is 4.74 Å². The first-order valence-corrected chi connectivity index (χ1v) is 9.81. The van der Waals surface area contributed by atoms with Crippen molar-refractivity contribution in [1.82, 2.24) is 4.90 Å². The van der Waals surface area contributed by atoms with Crippen LogP contribution in [0.5, 0.6) is 0 Å². The Morgan fingerprint density at radius 1 is 1.26 bits per heavy atom. The zero-order valence-electron chi connectivity index (χ0n) is 14.2. The van der Waals surface area contributed by atoms with Crippen LogP contribution in [0.4, 0.5) is 0 Å². The summed E-state index contributed by atoms with van der Waals surface area (Å²) in [7, 11) is 0. The molecule has 3 nitrogen and oxygen atoms in total. The fourth-order valence-electron chi connectivity index (χ4n) is 5.67. The third-order valence-electron chi connectivity index (χ3n) is 7.09. The number of aryl methyl sites for hydroxylation is 1. The topological polar surface area (TPSA) is 29.5 Å². The molecule has 124 valence electrons. The Kier molecular flexibility index (Phi) is 2.77. The van der Waals surface area contributed by atoms with E-state index in [1.165, 1.54) is 23.3 Å². The Bertz CT molecular complexity index is 663. The molecule has 2 bridgehead atoms. The van der Waals surface area contributed by atoms with Gasteiger partial charge in [0.15, 0.2) is 0 Å². The molecule has 1 unspecified atom stereocenters. The minimum absolute atomic E-state index is 0.0902. The highest BCUT2D eigenvalue weighted by Crippen LogP contribution is 2.67. The quantitative estimate of drug-likeness (QED) is 0.832. The minimum atomic E-state index is -0.260. The highest BCUT2D eigenvalue weighted by molar-refractivity contribution is 7.10. The molecule has 4 fully saturated rings. The van der Waals surface area contributed by atoms with E-state index in [2.05, 4.69) is 37.1 Å². The third-order valence-corrected chi connectivity index (χ3v) is 8.27. The summed E-state index contributed by atoms with van der Waals surface area (Å²) in [6, 6.07) is 2.16. The van der Waals surface area contributed by atoms with Crippen LogP contribution < -0.4 is 0 Å². The van der Waals surface area contributed by atoms with Gasteiger partial charge in [0, 0.05) is 29.8 Å². The summed E-state index contributed by atoms with van der Waals surface area (Å²) in [5.74, 6) is 1.59. The van der Waals surface area contributed by atoms with Gasteiger partial charge in [-0.2, -0.15) is 0 Å². The fourth-order valence-corrected chi connectivity index (χ4v) is 6.97. The van der Waals surface area contributed by atoms with Crippen LogP contribution in [0.15, 0.2) is 11.4 Å². The number of hydrogen-bond donors (Lipinski definition) is 0. The molecule has 4 heterocycles. The molecule has 1 aliphatic carbocycles. The SMILES string of the molecule is Cc1ccsc1C1(C(=O)N2C[C@@H]3[C@H](C2)[C@H]2CC[C@@H]3O2)CC1(C)C. The number of thiophene rings is 1. The van der Waals surface area contributed by atoms with Crippen molar-refractivity contribution in [3.63, 3.8) is 0 Å². The first-order valence-electron chi connectivity index (χ1n) is 8.93. The van der Waals surface area contributed by atoms with Crippen molar-refractivity contribution in [3.8, 4) is 0 Å². The number of fused-ring (bicyclic) bond motifs is 5. The van der Waals surface area contributed by atoms with Crippen molar-refractivity contribution in [2.75, 3.05) is 13.1 Å². The highest BCUT2D eigenvalue weighted by Gasteiger charge is 2.70. The first-order chi connectivity index (χ1) is 10.9. The first kappa shape index (κ1) is 14.5. The lowest BCUT2D eigenvalue weighted by molar-refractivity contribution is -0.134. The number of carbonyl (C=O) groups excluding carboxylic acids is 1. The number of rotatable bonds is 2. The van der Waals surface area contributed by atoms with E-state index in [-0.39, 0.29) is 10.8 Å². The van der Waals surface area contributed by atoms with Crippen molar-refractivity contribution in [2.45, 2.75) is 57.7 Å². The average Bonchev–Trinajstić information content (AvgIpc) is 3.09. The van der Waals surface area contributed by atoms with E-state index in [0.717, 1.165) is 19.5 Å². The van der Waals surface area contributed by atoms with Crippen molar-refractivity contribution in [3.05, 3.63) is 21.9 Å². The van der Waals surface area contributed by atoms with Crippen molar-refractivity contribution >= 4 is 17.2 Å². The molecule has 0 radical (unpaired) electrons. The Hall–Kier alpha value is -0.870. The zero-order valence-corrected chi connectivity index (χ0v) is 15.0. The number of likely N-dealkylation sites (tertiary alicyclic amines) is 1. The predicted octanol–water partition coefficient (Wildman–Crippen LogP) is 3.36. The van der Waals surface area contributed by atoms with Gasteiger partial charge in [0.25, 0.3) is 0 Å². The van der Waals surface area contributed by atoms with E-state index in [0.29, 0.717) is 30.0 Å². The highest BCUT2D eigenvalue weighted by atomic mass is 32.1. The number of amides is 1. The van der Waals surface area contributed by atoms with Gasteiger partial charge in [-0.25, -0.2) is 0 Å². The number of hydrogen-bond acceptors (Lipinski definition) is 3. The molecule has 0 N–H and O–H groups in total. The maximum absolute atomic E-state index is 13.6. The van der Waals surface area contributed by atoms with Crippen molar-refractivity contribution in [2.24, 2.45) is 17.3 Å². The molecule has 1 aromatic heterocycles. The maximum Gasteiger partial charge on any atom is 0.234 e. The molecule has 1 aromatic rings. The van der Waals surface area contributed by atoms with Gasteiger partial charge in [-0.3, -0.25) is 4.79 Å². The monoisotopic (exact) mass is 331 g/mol. The van der Waals surface area contributed by atoms with E-state index in [1.54, 1.807) is 11.3 Å². The number of carbonyl (C=O) groups is 1. The molecule has 0 aromatic carbocycles. The normalized spacial score (nSPS) is 43.0. The van der Waals surface area contributed by atoms with Gasteiger partial charge < -0.3 is 9.64 Å². The molecule has 1 saturated carbocycles. The van der Waals surface area contributed by atoms with E-state index < -0.39 is 0 Å². The largest absolute Gasteiger partial charge is 0.374 e. The molecular weight excluding hydrogens is 306 g/mol. The molecule has 5 atom stereocenters. The Morgan fingerprint density at radius 2 is 1.87 bits per heavy atom. The van der Waals surface area contributed by atoms with Crippen LogP contribution >= 0.6 is 11.3 Å². The lowest BCUT2D eigenvalue weighted by Gasteiger charge is -2.27. The van der Waals surface area contributed by atoms with Gasteiger partial charge in [-0.1, -0.05) is 13.8 Å². The Balaban J connectivity index is 1.45. The second-order valence-corrected chi connectivity index (χ2v) is 9.64. The maximum atomic E-state index is 13.6. The molecule has 5 rings (SSSR count). The molecule has 4 heteroatoms. The Morgan fingerprint density at radius 3 is 2.35 bits per heavy atom. The van der Waals surface area contributed by atoms with E-state index in [1.807, 2.05) is 0 Å². The van der Waals surface area contributed by atoms with Gasteiger partial charge in [0.05, 0.1) is 17.6 Å². The number of ether oxygens (including phenoxy) is 1. The lowest BCUT2D eigenvalue weighted by atomic mass is 9.82.